The predicted molar refractivity (Wildman–Crippen MR) is 115 cm³/mol. The Labute approximate surface area is 163 Å². The lowest BCUT2D eigenvalue weighted by Crippen LogP contribution is -2.46. The van der Waals surface area contributed by atoms with Crippen molar-refractivity contribution in [3.8, 4) is 0 Å². The van der Waals surface area contributed by atoms with Gasteiger partial charge < -0.3 is 9.53 Å². The second kappa shape index (κ2) is 9.21. The molecule has 0 heterocycles. The lowest BCUT2D eigenvalue weighted by Gasteiger charge is -2.42. The zero-order valence-electron chi connectivity index (χ0n) is 17.9. The first kappa shape index (κ1) is 21.9. The molecule has 2 aliphatic rings. The van der Waals surface area contributed by atoms with Crippen LogP contribution >= 0.6 is 0 Å². The van der Waals surface area contributed by atoms with Crippen molar-refractivity contribution in [3.05, 3.63) is 24.3 Å². The topological polar surface area (TPSA) is 29.5 Å². The summed E-state index contributed by atoms with van der Waals surface area (Å²) in [6.07, 6.45) is 15.1. The van der Waals surface area contributed by atoms with Crippen LogP contribution in [0.5, 0.6) is 0 Å². The molecule has 3 unspecified atom stereocenters. The Morgan fingerprint density at radius 1 is 1.27 bits per heavy atom. The van der Waals surface area contributed by atoms with Crippen LogP contribution in [0.3, 0.4) is 0 Å². The van der Waals surface area contributed by atoms with Crippen LogP contribution in [0.4, 0.5) is 0 Å². The van der Waals surface area contributed by atoms with Crippen LogP contribution in [0, 0.1) is 11.8 Å². The van der Waals surface area contributed by atoms with Crippen LogP contribution in [0.2, 0.25) is 18.1 Å². The summed E-state index contributed by atoms with van der Waals surface area (Å²) in [7, 11) is -1.76. The van der Waals surface area contributed by atoms with E-state index >= 15 is 0 Å². The largest absolute Gasteiger partial charge is 0.414 e. The van der Waals surface area contributed by atoms with Crippen molar-refractivity contribution >= 4 is 8.32 Å². The normalized spacial score (nSPS) is 26.6. The number of allylic oxidation sites excluding steroid dienone is 1. The highest BCUT2D eigenvalue weighted by Gasteiger charge is 2.41. The van der Waals surface area contributed by atoms with Gasteiger partial charge in [-0.3, -0.25) is 0 Å². The van der Waals surface area contributed by atoms with E-state index in [4.69, 9.17) is 4.43 Å². The van der Waals surface area contributed by atoms with Gasteiger partial charge in [-0.25, -0.2) is 0 Å². The summed E-state index contributed by atoms with van der Waals surface area (Å²) < 4.78 is 6.95. The molecule has 150 valence electrons. The minimum Gasteiger partial charge on any atom is -0.414 e. The summed E-state index contributed by atoms with van der Waals surface area (Å²) in [6.45, 7) is 15.7. The summed E-state index contributed by atoms with van der Waals surface area (Å²) >= 11 is 0. The van der Waals surface area contributed by atoms with E-state index in [0.29, 0.717) is 6.10 Å². The van der Waals surface area contributed by atoms with Gasteiger partial charge in [0.05, 0.1) is 6.10 Å². The van der Waals surface area contributed by atoms with Crippen molar-refractivity contribution in [2.75, 3.05) is 0 Å². The molecule has 0 spiro atoms. The Kier molecular flexibility index (Phi) is 7.76. The van der Waals surface area contributed by atoms with Crippen molar-refractivity contribution < 1.29 is 9.53 Å². The van der Waals surface area contributed by atoms with E-state index in [9.17, 15) is 5.11 Å². The maximum Gasteiger partial charge on any atom is 0.192 e. The van der Waals surface area contributed by atoms with Gasteiger partial charge in [0.25, 0.3) is 0 Å². The van der Waals surface area contributed by atoms with Gasteiger partial charge >= 0.3 is 0 Å². The fourth-order valence-corrected chi connectivity index (χ4v) is 5.79. The second-order valence-corrected chi connectivity index (χ2v) is 14.8. The molecule has 1 saturated carbocycles. The highest BCUT2D eigenvalue weighted by molar-refractivity contribution is 6.74. The Balaban J connectivity index is 2.05. The first-order valence-electron chi connectivity index (χ1n) is 10.8. The standard InChI is InChI=1S/C23H42O2Si/c1-7-11-20-18(14-16-21(20)24)15-17-22(19-12-9-8-10-13-19)25-26(5,6)23(2,3)4/h7,14,19-22,24H,1,8-13,15-17H2,2-6H3. The lowest BCUT2D eigenvalue weighted by atomic mass is 9.82. The third-order valence-corrected chi connectivity index (χ3v) is 11.6. The molecule has 2 nitrogen and oxygen atoms in total. The van der Waals surface area contributed by atoms with E-state index in [1.807, 2.05) is 6.08 Å². The monoisotopic (exact) mass is 378 g/mol. The zero-order chi connectivity index (χ0) is 19.4. The van der Waals surface area contributed by atoms with Crippen molar-refractivity contribution in [1.82, 2.24) is 0 Å². The summed E-state index contributed by atoms with van der Waals surface area (Å²) in [4.78, 5) is 0. The molecule has 3 heteroatoms. The third kappa shape index (κ3) is 5.56. The van der Waals surface area contributed by atoms with E-state index in [-0.39, 0.29) is 17.1 Å². The summed E-state index contributed by atoms with van der Waals surface area (Å²) in [5.74, 6) is 1.01. The van der Waals surface area contributed by atoms with Crippen LogP contribution in [0.1, 0.15) is 78.6 Å². The molecule has 0 aliphatic heterocycles. The van der Waals surface area contributed by atoms with Crippen LogP contribution < -0.4 is 0 Å². The molecular formula is C23H42O2Si. The van der Waals surface area contributed by atoms with Gasteiger partial charge in [-0.05, 0) is 62.6 Å². The van der Waals surface area contributed by atoms with Crippen molar-refractivity contribution in [3.63, 3.8) is 0 Å². The van der Waals surface area contributed by atoms with Crippen LogP contribution in [-0.4, -0.2) is 25.6 Å². The van der Waals surface area contributed by atoms with Gasteiger partial charge in [-0.15, -0.1) is 6.58 Å². The molecule has 0 amide bonds. The number of aliphatic hydroxyl groups is 1. The van der Waals surface area contributed by atoms with Gasteiger partial charge in [0.1, 0.15) is 0 Å². The number of hydrogen-bond donors (Lipinski definition) is 1. The van der Waals surface area contributed by atoms with Gasteiger partial charge in [0.15, 0.2) is 8.32 Å². The number of aliphatic hydroxyl groups excluding tert-OH is 1. The maximum atomic E-state index is 10.3. The number of rotatable bonds is 8. The molecule has 3 atom stereocenters. The van der Waals surface area contributed by atoms with Crippen LogP contribution in [0.15, 0.2) is 24.3 Å². The Bertz CT molecular complexity index is 483. The predicted octanol–water partition coefficient (Wildman–Crippen LogP) is 6.62. The Morgan fingerprint density at radius 2 is 1.92 bits per heavy atom. The third-order valence-electron chi connectivity index (χ3n) is 7.13. The van der Waals surface area contributed by atoms with Gasteiger partial charge in [0.2, 0.25) is 0 Å². The van der Waals surface area contributed by atoms with Gasteiger partial charge in [0, 0.05) is 12.0 Å². The summed E-state index contributed by atoms with van der Waals surface area (Å²) in [6, 6.07) is 0. The minimum atomic E-state index is -1.76. The molecule has 0 aromatic carbocycles. The first-order chi connectivity index (χ1) is 12.2. The van der Waals surface area contributed by atoms with Gasteiger partial charge in [-0.2, -0.15) is 0 Å². The van der Waals surface area contributed by atoms with E-state index < -0.39 is 8.32 Å². The number of hydrogen-bond acceptors (Lipinski definition) is 2. The fraction of sp³-hybridized carbons (Fsp3) is 0.826. The van der Waals surface area contributed by atoms with Gasteiger partial charge in [-0.1, -0.05) is 57.8 Å². The molecule has 26 heavy (non-hydrogen) atoms. The van der Waals surface area contributed by atoms with Crippen molar-refractivity contribution in [2.45, 2.75) is 109 Å². The minimum absolute atomic E-state index is 0.211. The van der Waals surface area contributed by atoms with Crippen molar-refractivity contribution in [2.24, 2.45) is 11.8 Å². The van der Waals surface area contributed by atoms with E-state index in [1.54, 1.807) is 0 Å². The van der Waals surface area contributed by atoms with Crippen molar-refractivity contribution in [1.29, 1.82) is 0 Å². The zero-order valence-corrected chi connectivity index (χ0v) is 18.9. The molecule has 0 aromatic heterocycles. The molecule has 0 bridgehead atoms. The van der Waals surface area contributed by atoms with E-state index in [2.05, 4.69) is 46.5 Å². The Morgan fingerprint density at radius 3 is 2.50 bits per heavy atom. The van der Waals surface area contributed by atoms with E-state index in [0.717, 1.165) is 31.6 Å². The second-order valence-electron chi connectivity index (χ2n) is 10.1. The highest BCUT2D eigenvalue weighted by Crippen LogP contribution is 2.41. The molecule has 0 radical (unpaired) electrons. The molecule has 1 fully saturated rings. The molecular weight excluding hydrogens is 336 g/mol. The van der Waals surface area contributed by atoms with E-state index in [1.165, 1.54) is 37.7 Å². The summed E-state index contributed by atoms with van der Waals surface area (Å²) in [5.41, 5.74) is 1.44. The molecule has 2 aliphatic carbocycles. The van der Waals surface area contributed by atoms with Crippen LogP contribution in [-0.2, 0) is 4.43 Å². The average molecular weight is 379 g/mol. The first-order valence-corrected chi connectivity index (χ1v) is 13.7. The fourth-order valence-electron chi connectivity index (χ4n) is 4.37. The SMILES string of the molecule is C=CCC1C(CCC(O[Si](C)(C)C(C)(C)C)C2CCCCC2)=CCC1O. The molecule has 0 aromatic rings. The molecule has 0 saturated heterocycles. The molecule has 2 rings (SSSR count). The molecule has 1 N–H and O–H groups in total. The highest BCUT2D eigenvalue weighted by atomic mass is 28.4. The summed E-state index contributed by atoms with van der Waals surface area (Å²) in [5, 5.41) is 10.5. The average Bonchev–Trinajstić information content (AvgIpc) is 2.92. The Hall–Kier alpha value is -0.383. The lowest BCUT2D eigenvalue weighted by molar-refractivity contribution is 0.0843. The van der Waals surface area contributed by atoms with Crippen LogP contribution in [0.25, 0.3) is 0 Å². The maximum absolute atomic E-state index is 10.3. The quantitative estimate of drug-likeness (QED) is 0.380. The smallest absolute Gasteiger partial charge is 0.192 e.